The van der Waals surface area contributed by atoms with E-state index in [1.165, 1.54) is 17.3 Å². The molecule has 1 aliphatic rings. The fraction of sp³-hybridized carbons (Fsp3) is 0.200. The molecule has 0 saturated carbocycles. The van der Waals surface area contributed by atoms with Crippen molar-refractivity contribution >= 4 is 11.7 Å². The van der Waals surface area contributed by atoms with Crippen LogP contribution in [0.1, 0.15) is 27.3 Å². The molecule has 0 spiro atoms. The van der Waals surface area contributed by atoms with Gasteiger partial charge < -0.3 is 10.2 Å². The molecule has 3 heterocycles. The minimum Gasteiger partial charge on any atom is -0.363 e. The maximum atomic E-state index is 12.7. The topological polar surface area (TPSA) is 71.0 Å². The average Bonchev–Trinajstić information content (AvgIpc) is 2.72. The molecular formula is C20H19N5O. The van der Waals surface area contributed by atoms with Crippen LogP contribution in [0.3, 0.4) is 0 Å². The fourth-order valence-corrected chi connectivity index (χ4v) is 3.04. The van der Waals surface area contributed by atoms with Crippen LogP contribution in [0.15, 0.2) is 61.1 Å². The molecule has 0 saturated heterocycles. The summed E-state index contributed by atoms with van der Waals surface area (Å²) < 4.78 is 0. The van der Waals surface area contributed by atoms with E-state index >= 15 is 0 Å². The Hall–Kier alpha value is -3.28. The van der Waals surface area contributed by atoms with Gasteiger partial charge in [-0.1, -0.05) is 30.3 Å². The zero-order valence-corrected chi connectivity index (χ0v) is 14.3. The van der Waals surface area contributed by atoms with E-state index in [4.69, 9.17) is 0 Å². The molecule has 0 aliphatic carbocycles. The third-order valence-corrected chi connectivity index (χ3v) is 4.47. The first-order valence-corrected chi connectivity index (χ1v) is 8.61. The number of amides is 1. The van der Waals surface area contributed by atoms with Crippen molar-refractivity contribution < 1.29 is 4.79 Å². The minimum absolute atomic E-state index is 0.0803. The molecule has 3 aromatic rings. The third-order valence-electron chi connectivity index (χ3n) is 4.47. The highest BCUT2D eigenvalue weighted by atomic mass is 16.2. The van der Waals surface area contributed by atoms with Crippen molar-refractivity contribution in [3.63, 3.8) is 0 Å². The Morgan fingerprint density at radius 2 is 1.85 bits per heavy atom. The van der Waals surface area contributed by atoms with Gasteiger partial charge in [-0.15, -0.1) is 0 Å². The summed E-state index contributed by atoms with van der Waals surface area (Å²) in [5, 5.41) is 3.16. The van der Waals surface area contributed by atoms with Gasteiger partial charge in [0.2, 0.25) is 0 Å². The normalized spacial score (nSPS) is 13.2. The van der Waals surface area contributed by atoms with E-state index in [-0.39, 0.29) is 5.91 Å². The van der Waals surface area contributed by atoms with Crippen LogP contribution in [0.2, 0.25) is 0 Å². The first-order valence-electron chi connectivity index (χ1n) is 8.61. The summed E-state index contributed by atoms with van der Waals surface area (Å²) in [5.41, 5.74) is 3.81. The number of carbonyl (C=O) groups is 1. The van der Waals surface area contributed by atoms with Gasteiger partial charge in [-0.05, 0) is 29.7 Å². The molecule has 4 rings (SSSR count). The second kappa shape index (κ2) is 7.31. The number of nitrogens with one attached hydrogen (secondary N) is 1. The lowest BCUT2D eigenvalue weighted by molar-refractivity contribution is 0.0728. The van der Waals surface area contributed by atoms with Crippen LogP contribution in [0.5, 0.6) is 0 Å². The highest BCUT2D eigenvalue weighted by Crippen LogP contribution is 2.19. The number of nitrogens with zero attached hydrogens (tertiary/aromatic N) is 4. The van der Waals surface area contributed by atoms with E-state index in [2.05, 4.69) is 32.4 Å². The van der Waals surface area contributed by atoms with Crippen molar-refractivity contribution in [2.24, 2.45) is 0 Å². The zero-order valence-electron chi connectivity index (χ0n) is 14.3. The monoisotopic (exact) mass is 345 g/mol. The zero-order chi connectivity index (χ0) is 17.8. The lowest BCUT2D eigenvalue weighted by atomic mass is 10.00. The number of benzene rings is 1. The third kappa shape index (κ3) is 3.54. The predicted molar refractivity (Wildman–Crippen MR) is 98.5 cm³/mol. The van der Waals surface area contributed by atoms with Gasteiger partial charge in [0.25, 0.3) is 5.91 Å². The molecule has 26 heavy (non-hydrogen) atoms. The minimum atomic E-state index is -0.0803. The molecule has 6 nitrogen and oxygen atoms in total. The van der Waals surface area contributed by atoms with Crippen LogP contribution in [0, 0.1) is 0 Å². The number of anilines is 1. The fourth-order valence-electron chi connectivity index (χ4n) is 3.04. The summed E-state index contributed by atoms with van der Waals surface area (Å²) in [6, 6.07) is 14.0. The van der Waals surface area contributed by atoms with E-state index in [1.807, 2.05) is 35.2 Å². The van der Waals surface area contributed by atoms with Crippen LogP contribution in [-0.2, 0) is 19.5 Å². The Bertz CT molecular complexity index is 896. The number of hydrogen-bond acceptors (Lipinski definition) is 5. The van der Waals surface area contributed by atoms with Gasteiger partial charge in [0, 0.05) is 19.3 Å². The van der Waals surface area contributed by atoms with Crippen LogP contribution < -0.4 is 5.32 Å². The molecule has 1 amide bonds. The van der Waals surface area contributed by atoms with E-state index in [1.54, 1.807) is 12.4 Å². The number of fused-ring (bicyclic) bond motifs is 1. The quantitative estimate of drug-likeness (QED) is 0.787. The second-order valence-corrected chi connectivity index (χ2v) is 6.21. The maximum Gasteiger partial charge on any atom is 0.274 e. The van der Waals surface area contributed by atoms with E-state index < -0.39 is 0 Å². The van der Waals surface area contributed by atoms with Crippen molar-refractivity contribution in [2.75, 3.05) is 11.9 Å². The van der Waals surface area contributed by atoms with Gasteiger partial charge in [0.15, 0.2) is 0 Å². The molecule has 0 bridgehead atoms. The van der Waals surface area contributed by atoms with Crippen LogP contribution >= 0.6 is 0 Å². The summed E-state index contributed by atoms with van der Waals surface area (Å²) in [5.74, 6) is 0.541. The SMILES string of the molecule is O=C(c1cnc(NCc2ccccn2)cn1)N1CCc2ccccc2C1. The summed E-state index contributed by atoms with van der Waals surface area (Å²) in [7, 11) is 0. The largest absolute Gasteiger partial charge is 0.363 e. The van der Waals surface area contributed by atoms with E-state index in [9.17, 15) is 4.79 Å². The molecule has 130 valence electrons. The lowest BCUT2D eigenvalue weighted by Crippen LogP contribution is -2.36. The summed E-state index contributed by atoms with van der Waals surface area (Å²) in [6.45, 7) is 1.89. The molecule has 1 N–H and O–H groups in total. The number of aromatic nitrogens is 3. The Kier molecular flexibility index (Phi) is 4.55. The Morgan fingerprint density at radius 1 is 1.00 bits per heavy atom. The molecule has 1 aliphatic heterocycles. The molecule has 0 atom stereocenters. The van der Waals surface area contributed by atoms with Crippen molar-refractivity contribution in [3.8, 4) is 0 Å². The number of pyridine rings is 1. The first kappa shape index (κ1) is 16.2. The van der Waals surface area contributed by atoms with Crippen molar-refractivity contribution in [1.29, 1.82) is 0 Å². The standard InChI is InChI=1S/C20H19N5O/c26-20(25-10-8-15-5-1-2-6-16(15)14-25)18-12-24-19(13-22-18)23-11-17-7-3-4-9-21-17/h1-7,9,12-13H,8,10-11,14H2,(H,23,24). The Morgan fingerprint density at radius 3 is 2.62 bits per heavy atom. The second-order valence-electron chi connectivity index (χ2n) is 6.21. The summed E-state index contributed by atoms with van der Waals surface area (Å²) in [4.78, 5) is 27.4. The lowest BCUT2D eigenvalue weighted by Gasteiger charge is -2.28. The Labute approximate surface area is 151 Å². The number of hydrogen-bond donors (Lipinski definition) is 1. The van der Waals surface area contributed by atoms with Crippen molar-refractivity contribution in [2.45, 2.75) is 19.5 Å². The van der Waals surface area contributed by atoms with Crippen LogP contribution in [-0.4, -0.2) is 32.3 Å². The van der Waals surface area contributed by atoms with Gasteiger partial charge in [-0.3, -0.25) is 9.78 Å². The maximum absolute atomic E-state index is 12.7. The average molecular weight is 345 g/mol. The van der Waals surface area contributed by atoms with E-state index in [0.717, 1.165) is 12.1 Å². The molecule has 0 radical (unpaired) electrons. The predicted octanol–water partition coefficient (Wildman–Crippen LogP) is 2.68. The van der Waals surface area contributed by atoms with Crippen molar-refractivity contribution in [3.05, 3.63) is 83.6 Å². The van der Waals surface area contributed by atoms with Crippen LogP contribution in [0.4, 0.5) is 5.82 Å². The van der Waals surface area contributed by atoms with E-state index in [0.29, 0.717) is 31.1 Å². The molecule has 2 aromatic heterocycles. The number of carbonyl (C=O) groups excluding carboxylic acids is 1. The molecule has 0 fully saturated rings. The highest BCUT2D eigenvalue weighted by Gasteiger charge is 2.22. The number of rotatable bonds is 4. The molecule has 1 aromatic carbocycles. The van der Waals surface area contributed by atoms with Gasteiger partial charge in [-0.2, -0.15) is 0 Å². The summed E-state index contributed by atoms with van der Waals surface area (Å²) >= 11 is 0. The molecule has 0 unspecified atom stereocenters. The Balaban J connectivity index is 1.40. The first-order chi connectivity index (χ1) is 12.8. The van der Waals surface area contributed by atoms with Gasteiger partial charge in [-0.25, -0.2) is 9.97 Å². The summed E-state index contributed by atoms with van der Waals surface area (Å²) in [6.07, 6.45) is 5.75. The van der Waals surface area contributed by atoms with Gasteiger partial charge in [0.05, 0.1) is 24.6 Å². The smallest absolute Gasteiger partial charge is 0.274 e. The van der Waals surface area contributed by atoms with Gasteiger partial charge in [0.1, 0.15) is 11.5 Å². The molecule has 6 heteroatoms. The van der Waals surface area contributed by atoms with Crippen LogP contribution in [0.25, 0.3) is 0 Å². The highest BCUT2D eigenvalue weighted by molar-refractivity contribution is 5.92. The molecular weight excluding hydrogens is 326 g/mol. The van der Waals surface area contributed by atoms with Gasteiger partial charge >= 0.3 is 0 Å². The van der Waals surface area contributed by atoms with Crippen molar-refractivity contribution in [1.82, 2.24) is 19.9 Å².